The SMILES string of the molecule is C=C[C@@H](CC(=O)N1CCC(Nc2cccc(C)n2)CC1)c1ccccc1. The maximum atomic E-state index is 12.7. The second-order valence-corrected chi connectivity index (χ2v) is 6.92. The summed E-state index contributed by atoms with van der Waals surface area (Å²) >= 11 is 0. The molecule has 1 N–H and O–H groups in total. The van der Waals surface area contributed by atoms with E-state index in [1.54, 1.807) is 0 Å². The van der Waals surface area contributed by atoms with Crippen LogP contribution in [0.15, 0.2) is 61.2 Å². The molecule has 1 aromatic carbocycles. The Morgan fingerprint density at radius 3 is 2.62 bits per heavy atom. The molecule has 1 aromatic heterocycles. The van der Waals surface area contributed by atoms with E-state index in [1.165, 1.54) is 0 Å². The van der Waals surface area contributed by atoms with Crippen LogP contribution in [0.4, 0.5) is 5.82 Å². The molecule has 136 valence electrons. The third kappa shape index (κ3) is 4.72. The number of nitrogens with one attached hydrogen (secondary N) is 1. The number of benzene rings is 1. The lowest BCUT2D eigenvalue weighted by molar-refractivity contribution is -0.132. The first kappa shape index (κ1) is 18.2. The number of hydrogen-bond acceptors (Lipinski definition) is 3. The standard InChI is InChI=1S/C22H27N3O/c1-3-18(19-9-5-4-6-10-19)16-22(26)25-14-12-20(13-15-25)24-21-11-7-8-17(2)23-21/h3-11,18,20H,1,12-16H2,2H3,(H,23,24)/t18-/m0/s1. The molecule has 2 aromatic rings. The van der Waals surface area contributed by atoms with Crippen LogP contribution in [0.1, 0.15) is 36.4 Å². The summed E-state index contributed by atoms with van der Waals surface area (Å²) in [6, 6.07) is 16.5. The van der Waals surface area contributed by atoms with Crippen molar-refractivity contribution in [1.82, 2.24) is 9.88 Å². The number of hydrogen-bond donors (Lipinski definition) is 1. The van der Waals surface area contributed by atoms with Gasteiger partial charge in [0.2, 0.25) is 5.91 Å². The minimum atomic E-state index is 0.0797. The van der Waals surface area contributed by atoms with Gasteiger partial charge >= 0.3 is 0 Å². The molecule has 1 aliphatic heterocycles. The van der Waals surface area contributed by atoms with Gasteiger partial charge in [0.05, 0.1) is 0 Å². The highest BCUT2D eigenvalue weighted by Crippen LogP contribution is 2.23. The van der Waals surface area contributed by atoms with Crippen LogP contribution in [0.25, 0.3) is 0 Å². The van der Waals surface area contributed by atoms with Crippen LogP contribution in [0.2, 0.25) is 0 Å². The number of rotatable bonds is 6. The van der Waals surface area contributed by atoms with Crippen molar-refractivity contribution in [3.05, 3.63) is 72.4 Å². The number of carbonyl (C=O) groups excluding carboxylic acids is 1. The topological polar surface area (TPSA) is 45.2 Å². The third-order valence-corrected chi connectivity index (χ3v) is 4.99. The lowest BCUT2D eigenvalue weighted by Gasteiger charge is -2.33. The maximum absolute atomic E-state index is 12.7. The van der Waals surface area contributed by atoms with Gasteiger partial charge in [-0.15, -0.1) is 6.58 Å². The normalized spacial score (nSPS) is 16.1. The smallest absolute Gasteiger partial charge is 0.223 e. The van der Waals surface area contributed by atoms with E-state index in [2.05, 4.69) is 29.0 Å². The van der Waals surface area contributed by atoms with Crippen molar-refractivity contribution in [3.8, 4) is 0 Å². The Morgan fingerprint density at radius 2 is 1.96 bits per heavy atom. The lowest BCUT2D eigenvalue weighted by atomic mass is 9.94. The van der Waals surface area contributed by atoms with Gasteiger partial charge in [0.25, 0.3) is 0 Å². The minimum absolute atomic E-state index is 0.0797. The van der Waals surface area contributed by atoms with Gasteiger partial charge in [-0.1, -0.05) is 42.5 Å². The largest absolute Gasteiger partial charge is 0.367 e. The van der Waals surface area contributed by atoms with Gasteiger partial charge in [0.1, 0.15) is 5.82 Å². The summed E-state index contributed by atoms with van der Waals surface area (Å²) < 4.78 is 0. The Hall–Kier alpha value is -2.62. The van der Waals surface area contributed by atoms with E-state index < -0.39 is 0 Å². The summed E-state index contributed by atoms with van der Waals surface area (Å²) in [4.78, 5) is 19.2. The fourth-order valence-electron chi connectivity index (χ4n) is 3.46. The van der Waals surface area contributed by atoms with Gasteiger partial charge in [-0.3, -0.25) is 4.79 Å². The van der Waals surface area contributed by atoms with Gasteiger partial charge in [0.15, 0.2) is 0 Å². The summed E-state index contributed by atoms with van der Waals surface area (Å²) in [5.74, 6) is 1.22. The molecule has 0 aliphatic carbocycles. The van der Waals surface area contributed by atoms with Crippen LogP contribution in [0.5, 0.6) is 0 Å². The van der Waals surface area contributed by atoms with E-state index in [1.807, 2.05) is 54.3 Å². The van der Waals surface area contributed by atoms with Gasteiger partial charge in [-0.2, -0.15) is 0 Å². The minimum Gasteiger partial charge on any atom is -0.367 e. The molecule has 1 saturated heterocycles. The molecule has 4 nitrogen and oxygen atoms in total. The molecule has 2 heterocycles. The molecule has 1 aliphatic rings. The number of likely N-dealkylation sites (tertiary alicyclic amines) is 1. The first-order chi connectivity index (χ1) is 12.7. The summed E-state index contributed by atoms with van der Waals surface area (Å²) in [6.07, 6.45) is 4.27. The van der Waals surface area contributed by atoms with Crippen molar-refractivity contribution in [3.63, 3.8) is 0 Å². The van der Waals surface area contributed by atoms with Crippen molar-refractivity contribution < 1.29 is 4.79 Å². The quantitative estimate of drug-likeness (QED) is 0.797. The van der Waals surface area contributed by atoms with Crippen molar-refractivity contribution in [2.75, 3.05) is 18.4 Å². The molecule has 0 spiro atoms. The molecule has 1 fully saturated rings. The van der Waals surface area contributed by atoms with Gasteiger partial charge in [-0.05, 0) is 37.5 Å². The number of pyridine rings is 1. The van der Waals surface area contributed by atoms with Crippen LogP contribution in [0, 0.1) is 6.92 Å². The van der Waals surface area contributed by atoms with Crippen LogP contribution in [-0.4, -0.2) is 34.9 Å². The molecule has 0 bridgehead atoms. The summed E-state index contributed by atoms with van der Waals surface area (Å²) in [6.45, 7) is 7.49. The van der Waals surface area contributed by atoms with E-state index in [-0.39, 0.29) is 11.8 Å². The lowest BCUT2D eigenvalue weighted by Crippen LogP contribution is -2.42. The van der Waals surface area contributed by atoms with Gasteiger partial charge in [0, 0.05) is 37.2 Å². The maximum Gasteiger partial charge on any atom is 0.223 e. The number of aryl methyl sites for hydroxylation is 1. The molecule has 0 unspecified atom stereocenters. The zero-order valence-electron chi connectivity index (χ0n) is 15.4. The molecular weight excluding hydrogens is 322 g/mol. The first-order valence-corrected chi connectivity index (χ1v) is 9.31. The number of anilines is 1. The Labute approximate surface area is 155 Å². The molecule has 0 radical (unpaired) electrons. The Bertz CT molecular complexity index is 736. The molecule has 4 heteroatoms. The Morgan fingerprint density at radius 1 is 1.23 bits per heavy atom. The fraction of sp³-hybridized carbons (Fsp3) is 0.364. The zero-order valence-corrected chi connectivity index (χ0v) is 15.4. The number of carbonyl (C=O) groups is 1. The van der Waals surface area contributed by atoms with Crippen molar-refractivity contribution >= 4 is 11.7 Å². The summed E-state index contributed by atoms with van der Waals surface area (Å²) in [5.41, 5.74) is 2.16. The van der Waals surface area contributed by atoms with Gasteiger partial charge in [-0.25, -0.2) is 4.98 Å². The highest BCUT2D eigenvalue weighted by molar-refractivity contribution is 5.77. The van der Waals surface area contributed by atoms with Crippen LogP contribution >= 0.6 is 0 Å². The average Bonchev–Trinajstić information content (AvgIpc) is 2.67. The van der Waals surface area contributed by atoms with E-state index in [0.717, 1.165) is 43.0 Å². The third-order valence-electron chi connectivity index (χ3n) is 4.99. The van der Waals surface area contributed by atoms with E-state index in [9.17, 15) is 4.79 Å². The molecule has 0 saturated carbocycles. The summed E-state index contributed by atoms with van der Waals surface area (Å²) in [5, 5.41) is 3.49. The summed E-state index contributed by atoms with van der Waals surface area (Å²) in [7, 11) is 0. The number of nitrogens with zero attached hydrogens (tertiary/aromatic N) is 2. The number of aromatic nitrogens is 1. The van der Waals surface area contributed by atoms with Crippen LogP contribution < -0.4 is 5.32 Å². The molecule has 26 heavy (non-hydrogen) atoms. The van der Waals surface area contributed by atoms with Crippen LogP contribution in [-0.2, 0) is 4.79 Å². The second-order valence-electron chi connectivity index (χ2n) is 6.92. The van der Waals surface area contributed by atoms with E-state index in [4.69, 9.17) is 0 Å². The van der Waals surface area contributed by atoms with E-state index in [0.29, 0.717) is 12.5 Å². The van der Waals surface area contributed by atoms with Gasteiger partial charge < -0.3 is 10.2 Å². The predicted octanol–water partition coefficient (Wildman–Crippen LogP) is 4.15. The average molecular weight is 349 g/mol. The Balaban J connectivity index is 1.51. The first-order valence-electron chi connectivity index (χ1n) is 9.31. The highest BCUT2D eigenvalue weighted by atomic mass is 16.2. The molecule has 1 atom stereocenters. The second kappa shape index (κ2) is 8.65. The van der Waals surface area contributed by atoms with Crippen LogP contribution in [0.3, 0.4) is 0 Å². The monoisotopic (exact) mass is 349 g/mol. The fourth-order valence-corrected chi connectivity index (χ4v) is 3.46. The van der Waals surface area contributed by atoms with Crippen molar-refractivity contribution in [2.24, 2.45) is 0 Å². The zero-order chi connectivity index (χ0) is 18.4. The molecule has 1 amide bonds. The predicted molar refractivity (Wildman–Crippen MR) is 106 cm³/mol. The molecule has 3 rings (SSSR count). The highest BCUT2D eigenvalue weighted by Gasteiger charge is 2.24. The van der Waals surface area contributed by atoms with E-state index >= 15 is 0 Å². The molecular formula is C22H27N3O. The number of amides is 1. The number of allylic oxidation sites excluding steroid dienone is 1. The van der Waals surface area contributed by atoms with Crippen molar-refractivity contribution in [2.45, 2.75) is 38.1 Å². The van der Waals surface area contributed by atoms with Crippen molar-refractivity contribution in [1.29, 1.82) is 0 Å². The Kier molecular flexibility index (Phi) is 6.05. The number of piperidine rings is 1.